The van der Waals surface area contributed by atoms with Gasteiger partial charge in [0.2, 0.25) is 0 Å². The molecule has 0 aromatic heterocycles. The molecule has 2 rings (SSSR count). The standard InChI is InChI=1S/C15H15FN2O3/c1-20-13-5-3-9(17)7-11(13)15(19)18-10-4-6-14(21-2)12(16)8-10/h3-8H,17H2,1-2H3,(H,18,19). The molecule has 0 heterocycles. The number of hydrogen-bond donors (Lipinski definition) is 2. The van der Waals surface area contributed by atoms with Gasteiger partial charge in [-0.1, -0.05) is 0 Å². The molecule has 0 aliphatic carbocycles. The van der Waals surface area contributed by atoms with E-state index >= 15 is 0 Å². The topological polar surface area (TPSA) is 73.6 Å². The van der Waals surface area contributed by atoms with Crippen molar-refractivity contribution in [3.05, 3.63) is 47.8 Å². The zero-order chi connectivity index (χ0) is 15.4. The predicted octanol–water partition coefficient (Wildman–Crippen LogP) is 2.68. The summed E-state index contributed by atoms with van der Waals surface area (Å²) >= 11 is 0. The molecule has 0 saturated heterocycles. The molecule has 5 nitrogen and oxygen atoms in total. The first-order valence-corrected chi connectivity index (χ1v) is 6.13. The minimum absolute atomic E-state index is 0.106. The molecule has 3 N–H and O–H groups in total. The van der Waals surface area contributed by atoms with Crippen molar-refractivity contribution in [2.45, 2.75) is 0 Å². The Morgan fingerprint density at radius 1 is 1.10 bits per heavy atom. The number of carbonyl (C=O) groups excluding carboxylic acids is 1. The Kier molecular flexibility index (Phi) is 4.27. The maximum atomic E-state index is 13.6. The van der Waals surface area contributed by atoms with Gasteiger partial charge in [0, 0.05) is 17.4 Å². The van der Waals surface area contributed by atoms with E-state index in [9.17, 15) is 9.18 Å². The van der Waals surface area contributed by atoms with Gasteiger partial charge in [-0.3, -0.25) is 4.79 Å². The molecule has 0 radical (unpaired) electrons. The number of methoxy groups -OCH3 is 2. The van der Waals surface area contributed by atoms with Gasteiger partial charge >= 0.3 is 0 Å². The summed E-state index contributed by atoms with van der Waals surface area (Å²) < 4.78 is 23.5. The van der Waals surface area contributed by atoms with E-state index < -0.39 is 11.7 Å². The number of halogens is 1. The Bertz CT molecular complexity index is 674. The van der Waals surface area contributed by atoms with Crippen LogP contribution in [-0.2, 0) is 0 Å². The van der Waals surface area contributed by atoms with Crippen molar-refractivity contribution in [2.24, 2.45) is 0 Å². The number of benzene rings is 2. The van der Waals surface area contributed by atoms with Crippen LogP contribution in [0.3, 0.4) is 0 Å². The van der Waals surface area contributed by atoms with Gasteiger partial charge in [0.15, 0.2) is 11.6 Å². The van der Waals surface area contributed by atoms with Gasteiger partial charge in [0.1, 0.15) is 5.75 Å². The SMILES string of the molecule is COc1ccc(NC(=O)c2cc(N)ccc2OC)cc1F. The van der Waals surface area contributed by atoms with Gasteiger partial charge in [-0.15, -0.1) is 0 Å². The summed E-state index contributed by atoms with van der Waals surface area (Å²) in [6.07, 6.45) is 0. The van der Waals surface area contributed by atoms with Crippen molar-refractivity contribution in [3.63, 3.8) is 0 Å². The maximum absolute atomic E-state index is 13.6. The lowest BCUT2D eigenvalue weighted by Gasteiger charge is -2.11. The van der Waals surface area contributed by atoms with Crippen molar-refractivity contribution >= 4 is 17.3 Å². The third-order valence-corrected chi connectivity index (χ3v) is 2.88. The number of ether oxygens (including phenoxy) is 2. The average Bonchev–Trinajstić information content (AvgIpc) is 2.47. The largest absolute Gasteiger partial charge is 0.496 e. The van der Waals surface area contributed by atoms with E-state index in [2.05, 4.69) is 5.32 Å². The van der Waals surface area contributed by atoms with Gasteiger partial charge in [-0.25, -0.2) is 4.39 Å². The summed E-state index contributed by atoms with van der Waals surface area (Å²) in [6, 6.07) is 8.87. The van der Waals surface area contributed by atoms with Gasteiger partial charge in [-0.2, -0.15) is 0 Å². The molecule has 0 aliphatic rings. The van der Waals surface area contributed by atoms with E-state index in [1.165, 1.54) is 32.4 Å². The molecule has 0 unspecified atom stereocenters. The molecule has 0 fully saturated rings. The highest BCUT2D eigenvalue weighted by atomic mass is 19.1. The van der Waals surface area contributed by atoms with Crippen LogP contribution in [0.2, 0.25) is 0 Å². The lowest BCUT2D eigenvalue weighted by molar-refractivity contribution is 0.102. The number of nitrogens with two attached hydrogens (primary N) is 1. The third kappa shape index (κ3) is 3.22. The number of rotatable bonds is 4. The van der Waals surface area contributed by atoms with Gasteiger partial charge in [0.05, 0.1) is 19.8 Å². The Labute approximate surface area is 121 Å². The van der Waals surface area contributed by atoms with Crippen LogP contribution in [0.4, 0.5) is 15.8 Å². The van der Waals surface area contributed by atoms with Crippen molar-refractivity contribution < 1.29 is 18.7 Å². The third-order valence-electron chi connectivity index (χ3n) is 2.88. The van der Waals surface area contributed by atoms with E-state index in [1.54, 1.807) is 18.2 Å². The molecule has 1 amide bonds. The molecule has 0 bridgehead atoms. The van der Waals surface area contributed by atoms with Crippen LogP contribution in [0.15, 0.2) is 36.4 Å². The minimum atomic E-state index is -0.560. The predicted molar refractivity (Wildman–Crippen MR) is 78.3 cm³/mol. The van der Waals surface area contributed by atoms with E-state index in [4.69, 9.17) is 15.2 Å². The molecule has 2 aromatic rings. The van der Waals surface area contributed by atoms with E-state index in [0.717, 1.165) is 0 Å². The highest BCUT2D eigenvalue weighted by molar-refractivity contribution is 6.06. The zero-order valence-electron chi connectivity index (χ0n) is 11.6. The van der Waals surface area contributed by atoms with Crippen LogP contribution < -0.4 is 20.5 Å². The average molecular weight is 290 g/mol. The number of carbonyl (C=O) groups is 1. The second-order valence-corrected chi connectivity index (χ2v) is 4.26. The zero-order valence-corrected chi connectivity index (χ0v) is 11.6. The molecule has 0 saturated carbocycles. The highest BCUT2D eigenvalue weighted by Crippen LogP contribution is 2.24. The summed E-state index contributed by atoms with van der Waals surface area (Å²) in [7, 11) is 2.82. The molecule has 110 valence electrons. The van der Waals surface area contributed by atoms with E-state index in [-0.39, 0.29) is 11.3 Å². The van der Waals surface area contributed by atoms with Crippen molar-refractivity contribution in [1.29, 1.82) is 0 Å². The lowest BCUT2D eigenvalue weighted by Crippen LogP contribution is -2.13. The first-order valence-electron chi connectivity index (χ1n) is 6.13. The fourth-order valence-electron chi connectivity index (χ4n) is 1.85. The van der Waals surface area contributed by atoms with Crippen LogP contribution in [0.1, 0.15) is 10.4 Å². The summed E-state index contributed by atoms with van der Waals surface area (Å²) in [6.45, 7) is 0. The summed E-state index contributed by atoms with van der Waals surface area (Å²) in [4.78, 5) is 12.2. The first-order chi connectivity index (χ1) is 10.0. The number of nitrogen functional groups attached to an aromatic ring is 1. The van der Waals surface area contributed by atoms with Crippen molar-refractivity contribution in [2.75, 3.05) is 25.3 Å². The van der Waals surface area contributed by atoms with Crippen molar-refractivity contribution in [3.8, 4) is 11.5 Å². The lowest BCUT2D eigenvalue weighted by atomic mass is 10.1. The molecule has 2 aromatic carbocycles. The fourth-order valence-corrected chi connectivity index (χ4v) is 1.85. The Balaban J connectivity index is 2.26. The van der Waals surface area contributed by atoms with Crippen LogP contribution in [0.5, 0.6) is 11.5 Å². The van der Waals surface area contributed by atoms with Crippen LogP contribution in [0.25, 0.3) is 0 Å². The normalized spacial score (nSPS) is 10.0. The Morgan fingerprint density at radius 3 is 2.38 bits per heavy atom. The number of anilines is 2. The van der Waals surface area contributed by atoms with Crippen LogP contribution in [0, 0.1) is 5.82 Å². The van der Waals surface area contributed by atoms with Crippen molar-refractivity contribution in [1.82, 2.24) is 0 Å². The Morgan fingerprint density at radius 2 is 1.76 bits per heavy atom. The van der Waals surface area contributed by atoms with Crippen LogP contribution >= 0.6 is 0 Å². The number of nitrogens with one attached hydrogen (secondary N) is 1. The smallest absolute Gasteiger partial charge is 0.259 e. The van der Waals surface area contributed by atoms with Gasteiger partial charge < -0.3 is 20.5 Å². The molecule has 0 spiro atoms. The maximum Gasteiger partial charge on any atom is 0.259 e. The van der Waals surface area contributed by atoms with E-state index in [0.29, 0.717) is 17.1 Å². The quantitative estimate of drug-likeness (QED) is 0.849. The fraction of sp³-hybridized carbons (Fsp3) is 0.133. The molecule has 0 aliphatic heterocycles. The first kappa shape index (κ1) is 14.6. The van der Waals surface area contributed by atoms with Gasteiger partial charge in [-0.05, 0) is 30.3 Å². The number of amides is 1. The summed E-state index contributed by atoms with van der Waals surface area (Å²) in [5, 5.41) is 2.58. The Hall–Kier alpha value is -2.76. The molecular weight excluding hydrogens is 275 g/mol. The van der Waals surface area contributed by atoms with Crippen LogP contribution in [-0.4, -0.2) is 20.1 Å². The minimum Gasteiger partial charge on any atom is -0.496 e. The second kappa shape index (κ2) is 6.13. The second-order valence-electron chi connectivity index (χ2n) is 4.26. The summed E-state index contributed by atoms with van der Waals surface area (Å²) in [5.74, 6) is -0.510. The molecule has 0 atom stereocenters. The van der Waals surface area contributed by atoms with E-state index in [1.807, 2.05) is 0 Å². The number of hydrogen-bond acceptors (Lipinski definition) is 4. The summed E-state index contributed by atoms with van der Waals surface area (Å²) in [5.41, 5.74) is 6.68. The molecule has 6 heteroatoms. The monoisotopic (exact) mass is 290 g/mol. The molecule has 21 heavy (non-hydrogen) atoms. The molecular formula is C15H15FN2O3. The van der Waals surface area contributed by atoms with Gasteiger partial charge in [0.25, 0.3) is 5.91 Å². The highest BCUT2D eigenvalue weighted by Gasteiger charge is 2.14.